The van der Waals surface area contributed by atoms with Crippen LogP contribution in [0.15, 0.2) is 71.3 Å². The van der Waals surface area contributed by atoms with Crippen molar-refractivity contribution in [3.05, 3.63) is 93.9 Å². The number of non-ortho nitro benzene ring substituents is 1. The van der Waals surface area contributed by atoms with Gasteiger partial charge in [-0.3, -0.25) is 19.7 Å². The lowest BCUT2D eigenvalue weighted by Crippen LogP contribution is -2.22. The van der Waals surface area contributed by atoms with E-state index in [2.05, 4.69) is 10.6 Å². The first-order chi connectivity index (χ1) is 13.0. The number of nitro groups is 1. The highest BCUT2D eigenvalue weighted by molar-refractivity contribution is 6.02. The summed E-state index contributed by atoms with van der Waals surface area (Å²) in [6.07, 6.45) is 1.41. The van der Waals surface area contributed by atoms with Crippen LogP contribution in [-0.2, 0) is 6.54 Å². The van der Waals surface area contributed by atoms with Gasteiger partial charge >= 0.3 is 0 Å². The van der Waals surface area contributed by atoms with Gasteiger partial charge in [0.15, 0.2) is 5.76 Å². The lowest BCUT2D eigenvalue weighted by Gasteiger charge is -2.07. The zero-order valence-corrected chi connectivity index (χ0v) is 14.0. The lowest BCUT2D eigenvalue weighted by molar-refractivity contribution is -0.384. The maximum Gasteiger partial charge on any atom is 0.291 e. The number of hydrogen-bond acceptors (Lipinski definition) is 5. The number of nitrogens with one attached hydrogen (secondary N) is 2. The SMILES string of the molecule is O=C(NCc1ccc([N+](=O)[O-])cc1)c1ccc(NC(=O)c2ccco2)cc1. The van der Waals surface area contributed by atoms with E-state index in [0.29, 0.717) is 11.3 Å². The van der Waals surface area contributed by atoms with Gasteiger partial charge in [-0.05, 0) is 42.0 Å². The van der Waals surface area contributed by atoms with Gasteiger partial charge in [-0.25, -0.2) is 0 Å². The molecule has 2 aromatic carbocycles. The minimum atomic E-state index is -0.478. The van der Waals surface area contributed by atoms with Gasteiger partial charge < -0.3 is 15.1 Å². The van der Waals surface area contributed by atoms with Crippen molar-refractivity contribution < 1.29 is 18.9 Å². The van der Waals surface area contributed by atoms with Crippen molar-refractivity contribution in [2.75, 3.05) is 5.32 Å². The van der Waals surface area contributed by atoms with E-state index in [1.54, 1.807) is 48.5 Å². The monoisotopic (exact) mass is 365 g/mol. The van der Waals surface area contributed by atoms with Gasteiger partial charge in [0.25, 0.3) is 17.5 Å². The van der Waals surface area contributed by atoms with Crippen LogP contribution in [0.3, 0.4) is 0 Å². The summed E-state index contributed by atoms with van der Waals surface area (Å²) in [7, 11) is 0. The molecule has 1 aromatic heterocycles. The topological polar surface area (TPSA) is 114 Å². The molecular weight excluding hydrogens is 350 g/mol. The molecule has 3 rings (SSSR count). The Morgan fingerprint density at radius 3 is 2.26 bits per heavy atom. The fourth-order valence-corrected chi connectivity index (χ4v) is 2.33. The fourth-order valence-electron chi connectivity index (χ4n) is 2.33. The molecule has 0 aliphatic carbocycles. The van der Waals surface area contributed by atoms with Gasteiger partial charge in [0.05, 0.1) is 11.2 Å². The lowest BCUT2D eigenvalue weighted by atomic mass is 10.1. The van der Waals surface area contributed by atoms with Crippen LogP contribution in [0.5, 0.6) is 0 Å². The van der Waals surface area contributed by atoms with Crippen molar-refractivity contribution in [3.63, 3.8) is 0 Å². The Kier molecular flexibility index (Phi) is 5.27. The highest BCUT2D eigenvalue weighted by Crippen LogP contribution is 2.13. The first kappa shape index (κ1) is 17.9. The minimum Gasteiger partial charge on any atom is -0.459 e. The molecule has 0 aliphatic rings. The van der Waals surface area contributed by atoms with E-state index in [0.717, 1.165) is 5.56 Å². The average Bonchev–Trinajstić information content (AvgIpc) is 3.22. The van der Waals surface area contributed by atoms with Crippen LogP contribution >= 0.6 is 0 Å². The fraction of sp³-hybridized carbons (Fsp3) is 0.0526. The number of nitro benzene ring substituents is 1. The van der Waals surface area contributed by atoms with E-state index in [1.165, 1.54) is 18.4 Å². The number of hydrogen-bond donors (Lipinski definition) is 2. The Morgan fingerprint density at radius 1 is 0.963 bits per heavy atom. The largest absolute Gasteiger partial charge is 0.459 e. The van der Waals surface area contributed by atoms with Crippen molar-refractivity contribution in [2.45, 2.75) is 6.54 Å². The Hall–Kier alpha value is -3.94. The molecule has 0 atom stereocenters. The molecule has 0 aliphatic heterocycles. The number of carbonyl (C=O) groups excluding carboxylic acids is 2. The molecule has 8 nitrogen and oxygen atoms in total. The first-order valence-electron chi connectivity index (χ1n) is 7.99. The Labute approximate surface area is 154 Å². The maximum atomic E-state index is 12.2. The zero-order chi connectivity index (χ0) is 19.2. The van der Waals surface area contributed by atoms with E-state index in [1.807, 2.05) is 0 Å². The van der Waals surface area contributed by atoms with Crippen molar-refractivity contribution in [3.8, 4) is 0 Å². The maximum absolute atomic E-state index is 12.2. The zero-order valence-electron chi connectivity index (χ0n) is 14.0. The predicted octanol–water partition coefficient (Wildman–Crippen LogP) is 3.37. The van der Waals surface area contributed by atoms with Gasteiger partial charge in [0.1, 0.15) is 0 Å². The van der Waals surface area contributed by atoms with Crippen LogP contribution < -0.4 is 10.6 Å². The summed E-state index contributed by atoms with van der Waals surface area (Å²) in [6.45, 7) is 0.244. The van der Waals surface area contributed by atoms with E-state index >= 15 is 0 Å². The molecule has 2 N–H and O–H groups in total. The van der Waals surface area contributed by atoms with Crippen LogP contribution in [0.1, 0.15) is 26.5 Å². The number of anilines is 1. The summed E-state index contributed by atoms with van der Waals surface area (Å²) >= 11 is 0. The van der Waals surface area contributed by atoms with Crippen LogP contribution in [0.25, 0.3) is 0 Å². The summed E-state index contributed by atoms with van der Waals surface area (Å²) in [6, 6.07) is 15.5. The smallest absolute Gasteiger partial charge is 0.291 e. The van der Waals surface area contributed by atoms with Gasteiger partial charge in [-0.2, -0.15) is 0 Å². The standard InChI is InChI=1S/C19H15N3O5/c23-18(20-12-13-3-9-16(10-4-13)22(25)26)14-5-7-15(8-6-14)21-19(24)17-2-1-11-27-17/h1-11H,12H2,(H,20,23)(H,21,24). The second kappa shape index (κ2) is 7.96. The third-order valence-electron chi connectivity index (χ3n) is 3.75. The molecule has 0 spiro atoms. The van der Waals surface area contributed by atoms with Crippen LogP contribution in [0.4, 0.5) is 11.4 Å². The van der Waals surface area contributed by atoms with Gasteiger partial charge in [0.2, 0.25) is 0 Å². The summed E-state index contributed by atoms with van der Waals surface area (Å²) < 4.78 is 5.01. The number of amides is 2. The first-order valence-corrected chi connectivity index (χ1v) is 7.99. The molecule has 0 saturated heterocycles. The average molecular weight is 365 g/mol. The van der Waals surface area contributed by atoms with Crippen molar-refractivity contribution in [1.29, 1.82) is 0 Å². The number of benzene rings is 2. The highest BCUT2D eigenvalue weighted by Gasteiger charge is 2.10. The van der Waals surface area contributed by atoms with Gasteiger partial charge in [-0.15, -0.1) is 0 Å². The molecule has 1 heterocycles. The van der Waals surface area contributed by atoms with E-state index < -0.39 is 4.92 Å². The van der Waals surface area contributed by atoms with Crippen LogP contribution in [-0.4, -0.2) is 16.7 Å². The van der Waals surface area contributed by atoms with E-state index in [-0.39, 0.29) is 29.8 Å². The minimum absolute atomic E-state index is 0.00254. The summed E-state index contributed by atoms with van der Waals surface area (Å²) in [5, 5.41) is 16.0. The van der Waals surface area contributed by atoms with Crippen molar-refractivity contribution in [1.82, 2.24) is 5.32 Å². The highest BCUT2D eigenvalue weighted by atomic mass is 16.6. The van der Waals surface area contributed by atoms with E-state index in [9.17, 15) is 19.7 Å². The summed E-state index contributed by atoms with van der Waals surface area (Å²) in [5.41, 5.74) is 1.70. The normalized spacial score (nSPS) is 10.2. The third-order valence-corrected chi connectivity index (χ3v) is 3.75. The quantitative estimate of drug-likeness (QED) is 0.513. The molecule has 0 bridgehead atoms. The number of nitrogens with zero attached hydrogens (tertiary/aromatic N) is 1. The molecule has 3 aromatic rings. The van der Waals surface area contributed by atoms with Crippen molar-refractivity contribution >= 4 is 23.2 Å². The molecule has 0 radical (unpaired) electrons. The second-order valence-electron chi connectivity index (χ2n) is 5.62. The van der Waals surface area contributed by atoms with Gasteiger partial charge in [-0.1, -0.05) is 12.1 Å². The third kappa shape index (κ3) is 4.57. The number of furan rings is 1. The van der Waals surface area contributed by atoms with Crippen molar-refractivity contribution in [2.24, 2.45) is 0 Å². The number of carbonyl (C=O) groups is 2. The van der Waals surface area contributed by atoms with Crippen LogP contribution in [0.2, 0.25) is 0 Å². The summed E-state index contributed by atoms with van der Waals surface area (Å²) in [4.78, 5) is 34.2. The molecule has 8 heteroatoms. The molecule has 27 heavy (non-hydrogen) atoms. The van der Waals surface area contributed by atoms with Crippen LogP contribution in [0, 0.1) is 10.1 Å². The molecule has 0 saturated carbocycles. The predicted molar refractivity (Wildman–Crippen MR) is 97.4 cm³/mol. The molecular formula is C19H15N3O5. The Balaban J connectivity index is 1.55. The molecule has 0 fully saturated rings. The van der Waals surface area contributed by atoms with Gasteiger partial charge in [0, 0.05) is 29.9 Å². The molecule has 0 unspecified atom stereocenters. The molecule has 2 amide bonds. The summed E-state index contributed by atoms with van der Waals surface area (Å²) in [5.74, 6) is -0.479. The molecule has 136 valence electrons. The number of rotatable bonds is 6. The Bertz CT molecular complexity index is 948. The Morgan fingerprint density at radius 2 is 1.67 bits per heavy atom. The second-order valence-corrected chi connectivity index (χ2v) is 5.62. The van der Waals surface area contributed by atoms with E-state index in [4.69, 9.17) is 4.42 Å².